The van der Waals surface area contributed by atoms with E-state index in [4.69, 9.17) is 13.9 Å². The van der Waals surface area contributed by atoms with Crippen molar-refractivity contribution in [2.75, 3.05) is 13.2 Å². The minimum Gasteiger partial charge on any atom is -0.490 e. The quantitative estimate of drug-likeness (QED) is 0.359. The van der Waals surface area contributed by atoms with E-state index in [9.17, 15) is 21.6 Å². The predicted molar refractivity (Wildman–Crippen MR) is 124 cm³/mol. The fourth-order valence-electron chi connectivity index (χ4n) is 3.89. The average Bonchev–Trinajstić information content (AvgIpc) is 3.12. The number of benzene rings is 3. The van der Waals surface area contributed by atoms with Crippen molar-refractivity contribution < 1.29 is 40.2 Å². The Morgan fingerprint density at radius 2 is 1.61 bits per heavy atom. The van der Waals surface area contributed by atoms with E-state index in [1.54, 1.807) is 30.3 Å². The van der Waals surface area contributed by atoms with Gasteiger partial charge < -0.3 is 18.6 Å². The lowest BCUT2D eigenvalue weighted by Crippen LogP contribution is -2.30. The van der Waals surface area contributed by atoms with Crippen LogP contribution in [0.5, 0.6) is 17.2 Å². The summed E-state index contributed by atoms with van der Waals surface area (Å²) in [5.41, 5.74) is 0.369. The fraction of sp³-hybridized carbons (Fsp3) is 0.200. The van der Waals surface area contributed by atoms with Gasteiger partial charge in [0, 0.05) is 23.4 Å². The average molecular weight is 519 g/mol. The van der Waals surface area contributed by atoms with Crippen LogP contribution >= 0.6 is 0 Å². The number of nitrogens with one attached hydrogen (secondary N) is 1. The molecule has 36 heavy (non-hydrogen) atoms. The van der Waals surface area contributed by atoms with Gasteiger partial charge in [-0.2, -0.15) is 4.72 Å². The predicted octanol–water partition coefficient (Wildman–Crippen LogP) is 5.56. The van der Waals surface area contributed by atoms with Crippen molar-refractivity contribution in [3.63, 3.8) is 0 Å². The van der Waals surface area contributed by atoms with Crippen LogP contribution in [-0.4, -0.2) is 28.0 Å². The van der Waals surface area contributed by atoms with Gasteiger partial charge in [-0.25, -0.2) is 8.42 Å². The normalized spacial score (nSPS) is 14.9. The van der Waals surface area contributed by atoms with Crippen LogP contribution in [0.25, 0.3) is 11.0 Å². The first-order valence-corrected chi connectivity index (χ1v) is 12.4. The standard InChI is InChI=1S/C25H20F3NO6S/c26-25(27,28)35-20-9-4-2-7-18(20)24(23-14-16-6-1-3-8-19(16)34-23)29-36(30,31)17-10-11-21-22(15-17)33-13-5-12-32-21/h1-4,6-11,14-15,24,29H,5,12-13H2/t24-/m0/s1. The molecule has 3 aromatic carbocycles. The van der Waals surface area contributed by atoms with Crippen molar-refractivity contribution in [2.24, 2.45) is 0 Å². The summed E-state index contributed by atoms with van der Waals surface area (Å²) in [6.45, 7) is 0.787. The molecule has 1 aliphatic rings. The minimum atomic E-state index is -4.98. The van der Waals surface area contributed by atoms with Crippen molar-refractivity contribution in [3.8, 4) is 17.2 Å². The molecule has 0 amide bonds. The molecule has 188 valence electrons. The fourth-order valence-corrected chi connectivity index (χ4v) is 5.09. The highest BCUT2D eigenvalue weighted by atomic mass is 32.2. The Morgan fingerprint density at radius 3 is 2.39 bits per heavy atom. The molecule has 1 atom stereocenters. The maximum Gasteiger partial charge on any atom is 0.573 e. The Labute approximate surface area is 204 Å². The molecule has 2 heterocycles. The van der Waals surface area contributed by atoms with Crippen LogP contribution in [0, 0.1) is 0 Å². The first kappa shape index (κ1) is 24.0. The highest BCUT2D eigenvalue weighted by Gasteiger charge is 2.35. The first-order chi connectivity index (χ1) is 17.2. The Balaban J connectivity index is 1.59. The van der Waals surface area contributed by atoms with Gasteiger partial charge in [0.15, 0.2) is 11.5 Å². The smallest absolute Gasteiger partial charge is 0.490 e. The molecule has 1 aromatic heterocycles. The molecule has 0 saturated carbocycles. The van der Waals surface area contributed by atoms with Crippen molar-refractivity contribution in [3.05, 3.63) is 84.1 Å². The molecule has 0 spiro atoms. The lowest BCUT2D eigenvalue weighted by molar-refractivity contribution is -0.275. The number of alkyl halides is 3. The van der Waals surface area contributed by atoms with E-state index < -0.39 is 28.2 Å². The summed E-state index contributed by atoms with van der Waals surface area (Å²) in [5, 5.41) is 0.654. The van der Waals surface area contributed by atoms with E-state index in [0.29, 0.717) is 36.4 Å². The Kier molecular flexibility index (Phi) is 6.27. The number of halogens is 3. The lowest BCUT2D eigenvalue weighted by Gasteiger charge is -2.21. The number of rotatable bonds is 6. The molecule has 0 aliphatic carbocycles. The zero-order valence-electron chi connectivity index (χ0n) is 18.6. The molecule has 0 saturated heterocycles. The number of hydrogen-bond donors (Lipinski definition) is 1. The maximum absolute atomic E-state index is 13.5. The molecule has 0 fully saturated rings. The highest BCUT2D eigenvalue weighted by Crippen LogP contribution is 2.37. The summed E-state index contributed by atoms with van der Waals surface area (Å²) in [6.07, 6.45) is -4.35. The van der Waals surface area contributed by atoms with Crippen molar-refractivity contribution in [1.82, 2.24) is 4.72 Å². The number of hydrogen-bond acceptors (Lipinski definition) is 6. The summed E-state index contributed by atoms with van der Waals surface area (Å²) >= 11 is 0. The number of para-hydroxylation sites is 2. The molecule has 0 bridgehead atoms. The molecular formula is C25H20F3NO6S. The number of sulfonamides is 1. The van der Waals surface area contributed by atoms with Gasteiger partial charge in [0.25, 0.3) is 0 Å². The van der Waals surface area contributed by atoms with E-state index in [2.05, 4.69) is 9.46 Å². The van der Waals surface area contributed by atoms with Gasteiger partial charge in [-0.1, -0.05) is 36.4 Å². The van der Waals surface area contributed by atoms with Gasteiger partial charge in [0.2, 0.25) is 10.0 Å². The summed E-state index contributed by atoms with van der Waals surface area (Å²) in [4.78, 5) is -0.151. The number of ether oxygens (including phenoxy) is 3. The second-order valence-electron chi connectivity index (χ2n) is 7.99. The number of fused-ring (bicyclic) bond motifs is 2. The Hall–Kier alpha value is -3.70. The van der Waals surface area contributed by atoms with Crippen LogP contribution in [0.3, 0.4) is 0 Å². The monoisotopic (exact) mass is 519 g/mol. The molecule has 1 aliphatic heterocycles. The van der Waals surface area contributed by atoms with Gasteiger partial charge in [0.1, 0.15) is 23.1 Å². The van der Waals surface area contributed by atoms with Gasteiger partial charge >= 0.3 is 6.36 Å². The third kappa shape index (κ3) is 5.12. The topological polar surface area (TPSA) is 87.0 Å². The molecule has 0 radical (unpaired) electrons. The molecule has 7 nitrogen and oxygen atoms in total. The molecular weight excluding hydrogens is 499 g/mol. The first-order valence-electron chi connectivity index (χ1n) is 10.9. The maximum atomic E-state index is 13.5. The van der Waals surface area contributed by atoms with Crippen LogP contribution in [0.2, 0.25) is 0 Å². The zero-order chi connectivity index (χ0) is 25.3. The van der Waals surface area contributed by atoms with Gasteiger partial charge in [-0.05, 0) is 30.3 Å². The summed E-state index contributed by atoms with van der Waals surface area (Å²) < 4.78 is 90.0. The Bertz CT molecular complexity index is 1470. The van der Waals surface area contributed by atoms with E-state index in [0.717, 1.165) is 6.07 Å². The van der Waals surface area contributed by atoms with E-state index >= 15 is 0 Å². The number of furan rings is 1. The Morgan fingerprint density at radius 1 is 0.889 bits per heavy atom. The van der Waals surface area contributed by atoms with Gasteiger partial charge in [-0.15, -0.1) is 13.2 Å². The summed E-state index contributed by atoms with van der Waals surface area (Å²) in [6, 6.07) is 16.6. The minimum absolute atomic E-state index is 0.0770. The molecule has 5 rings (SSSR count). The second-order valence-corrected chi connectivity index (χ2v) is 9.70. The van der Waals surface area contributed by atoms with Crippen LogP contribution in [-0.2, 0) is 10.0 Å². The summed E-state index contributed by atoms with van der Waals surface area (Å²) in [7, 11) is -4.28. The van der Waals surface area contributed by atoms with Gasteiger partial charge in [-0.3, -0.25) is 0 Å². The van der Waals surface area contributed by atoms with Crippen molar-refractivity contribution in [2.45, 2.75) is 23.7 Å². The van der Waals surface area contributed by atoms with Crippen molar-refractivity contribution in [1.29, 1.82) is 0 Å². The zero-order valence-corrected chi connectivity index (χ0v) is 19.4. The van der Waals surface area contributed by atoms with Crippen LogP contribution in [0.4, 0.5) is 13.2 Å². The second kappa shape index (κ2) is 9.40. The van der Waals surface area contributed by atoms with E-state index in [1.807, 2.05) is 0 Å². The van der Waals surface area contributed by atoms with Crippen LogP contribution in [0.15, 0.2) is 82.1 Å². The van der Waals surface area contributed by atoms with E-state index in [1.165, 1.54) is 36.4 Å². The largest absolute Gasteiger partial charge is 0.573 e. The third-order valence-corrected chi connectivity index (χ3v) is 6.91. The molecule has 1 N–H and O–H groups in total. The molecule has 4 aromatic rings. The van der Waals surface area contributed by atoms with Crippen LogP contribution in [0.1, 0.15) is 23.8 Å². The SMILES string of the molecule is O=S(=O)(N[C@H](c1cc2ccccc2o1)c1ccccc1OC(F)(F)F)c1ccc2c(c1)OCCCO2. The van der Waals surface area contributed by atoms with Gasteiger partial charge in [0.05, 0.1) is 18.1 Å². The summed E-state index contributed by atoms with van der Waals surface area (Å²) in [5.74, 6) is 0.199. The van der Waals surface area contributed by atoms with Crippen molar-refractivity contribution >= 4 is 21.0 Å². The highest BCUT2D eigenvalue weighted by molar-refractivity contribution is 7.89. The molecule has 0 unspecified atom stereocenters. The lowest BCUT2D eigenvalue weighted by atomic mass is 10.0. The molecule has 11 heteroatoms. The van der Waals surface area contributed by atoms with Crippen LogP contribution < -0.4 is 18.9 Å². The third-order valence-electron chi connectivity index (χ3n) is 5.49. The van der Waals surface area contributed by atoms with E-state index in [-0.39, 0.29) is 22.0 Å².